The van der Waals surface area contributed by atoms with E-state index < -0.39 is 19.9 Å². The molecule has 0 aliphatic heterocycles. The Morgan fingerprint density at radius 3 is 0.896 bits per heavy atom. The van der Waals surface area contributed by atoms with Crippen LogP contribution in [0, 0.1) is 25.5 Å². The molecule has 10 nitrogen and oxygen atoms in total. The van der Waals surface area contributed by atoms with Crippen molar-refractivity contribution in [2.24, 2.45) is 0 Å². The van der Waals surface area contributed by atoms with Crippen LogP contribution in [0.2, 0.25) is 0 Å². The second kappa shape index (κ2) is 37.4. The molecule has 0 aromatic heterocycles. The first-order valence-corrected chi connectivity index (χ1v) is 47.9. The molecule has 14 rings (SSSR count). The summed E-state index contributed by atoms with van der Waals surface area (Å²) in [6.07, 6.45) is 0. The van der Waals surface area contributed by atoms with Crippen LogP contribution in [0.5, 0.6) is 28.7 Å². The molecular formula is C80H61F2K3N3O7P. The molecule has 0 heterocycles. The molecule has 0 aliphatic rings. The Kier molecular flexibility index (Phi) is 28.7. The third-order valence-electron chi connectivity index (χ3n) is 14.8. The van der Waals surface area contributed by atoms with Gasteiger partial charge >= 0.3 is 123 Å². The number of halogens is 2. The van der Waals surface area contributed by atoms with E-state index in [0.717, 1.165) is 107 Å². The van der Waals surface area contributed by atoms with Gasteiger partial charge in [-0.1, -0.05) is 182 Å². The summed E-state index contributed by atoms with van der Waals surface area (Å²) in [7, 11) is -3.15. The van der Waals surface area contributed by atoms with Gasteiger partial charge < -0.3 is 39.4 Å². The Labute approximate surface area is 646 Å². The molecular weight excluding hydrogens is 1300 g/mol. The monoisotopic (exact) mass is 1360 g/mol. The SMILES string of the molecule is Cc1cc(F)cc(F)c1.Cc1cc(Oc2cc(N(c3ccccc3)c3ccccc3)c3ccccc3c2)cc(Oc2cc(N(c3ccccc3)c3ccccc3)c3ccccc3c2)c1.O=[P+]([O-])O[O-].Oc1cc(N(c2ccccc2)c2ccccc2)c2ccccc2c1.[K+].[K][K]. The number of hydrogen-bond donors (Lipinski definition) is 1. The van der Waals surface area contributed by atoms with E-state index in [4.69, 9.17) is 24.2 Å². The van der Waals surface area contributed by atoms with Gasteiger partial charge in [-0.05, 0) is 161 Å². The molecule has 0 amide bonds. The Hall–Kier alpha value is -6.59. The van der Waals surface area contributed by atoms with Crippen LogP contribution in [-0.4, -0.2) is 68.3 Å². The number of para-hydroxylation sites is 6. The minimum absolute atomic E-state index is 0. The number of ether oxygens (including phenoxy) is 2. The van der Waals surface area contributed by atoms with Crippen molar-refractivity contribution in [2.45, 2.75) is 13.8 Å². The quantitative estimate of drug-likeness (QED) is 0.0488. The van der Waals surface area contributed by atoms with Gasteiger partial charge in [0.15, 0.2) is 0 Å². The molecule has 14 aromatic carbocycles. The molecule has 16 heteroatoms. The Morgan fingerprint density at radius 2 is 0.604 bits per heavy atom. The molecule has 0 saturated carbocycles. The summed E-state index contributed by atoms with van der Waals surface area (Å²) >= 11 is 2.50. The zero-order valence-corrected chi connectivity index (χ0v) is 63.9. The topological polar surface area (TPSA) is 121 Å². The molecule has 0 saturated heterocycles. The van der Waals surface area contributed by atoms with Gasteiger partial charge in [0.1, 0.15) is 40.4 Å². The minimum atomic E-state index is -3.15. The summed E-state index contributed by atoms with van der Waals surface area (Å²) < 4.78 is 49.2. The number of nitrogens with zero attached hydrogens (tertiary/aromatic N) is 3. The first-order valence-electron chi connectivity index (χ1n) is 30.8. The summed E-state index contributed by atoms with van der Waals surface area (Å²) in [4.78, 5) is 15.6. The van der Waals surface area contributed by atoms with Crippen LogP contribution in [0.4, 0.5) is 60.0 Å². The van der Waals surface area contributed by atoms with Crippen LogP contribution in [0.25, 0.3) is 32.3 Å². The summed E-state index contributed by atoms with van der Waals surface area (Å²) in [5, 5.41) is 25.3. The maximum absolute atomic E-state index is 12.2. The number of phenolic OH excluding ortho intramolecular Hbond substituents is 1. The van der Waals surface area contributed by atoms with Gasteiger partial charge in [0.25, 0.3) is 0 Å². The molecule has 1 atom stereocenters. The molecule has 1 N–H and O–H groups in total. The first-order chi connectivity index (χ1) is 46.4. The van der Waals surface area contributed by atoms with Gasteiger partial charge in [-0.15, -0.1) is 0 Å². The summed E-state index contributed by atoms with van der Waals surface area (Å²) in [6.45, 7) is 3.71. The van der Waals surface area contributed by atoms with Gasteiger partial charge in [0.2, 0.25) is 0 Å². The standard InChI is InChI=1S/C51H38N2O2.C22H17NO.C7H6F2.3K.HO4P/c1-37-30-44(54-46-32-38-18-14-16-28-48(38)50(35-46)52(40-20-6-2-7-21-40)41-22-8-3-9-23-41)34-45(31-37)55-47-33-39-19-15-17-29-49(39)51(36-47)53(42-24-10-4-11-25-42)43-26-12-5-13-27-43;24-20-15-17-9-7-8-14-21(17)22(16-20)23(18-10-3-1-4-11-18)19-12-5-2-6-13-19;1-5-2-6(8)4-7(9)3-5;;;;1-4-5(2)3/h2-36H,1H3;1-16,24H;2-4H,1H3;;;;1H/q;;;;;+1;/p-1. The van der Waals surface area contributed by atoms with Gasteiger partial charge in [-0.2, -0.15) is 0 Å². The fourth-order valence-corrected chi connectivity index (χ4v) is 11.0. The van der Waals surface area contributed by atoms with Crippen molar-refractivity contribution in [2.75, 3.05) is 14.7 Å². The predicted molar refractivity (Wildman–Crippen MR) is 380 cm³/mol. The van der Waals surface area contributed by atoms with E-state index in [1.807, 2.05) is 103 Å². The number of rotatable bonds is 14. The van der Waals surface area contributed by atoms with Crippen LogP contribution in [-0.2, 0) is 9.24 Å². The average molecular weight is 1360 g/mol. The Morgan fingerprint density at radius 1 is 0.354 bits per heavy atom. The van der Waals surface area contributed by atoms with Gasteiger partial charge in [-0.3, -0.25) is 0 Å². The number of aromatic hydroxyl groups is 1. The zero-order valence-electron chi connectivity index (χ0n) is 53.6. The van der Waals surface area contributed by atoms with Crippen molar-refractivity contribution >= 4 is 155 Å². The number of aryl methyl sites for hydroxylation is 2. The number of anilines is 9. The number of hydrogen-bond acceptors (Lipinski definition) is 10. The van der Waals surface area contributed by atoms with Gasteiger partial charge in [0.05, 0.1) is 17.1 Å². The van der Waals surface area contributed by atoms with Crippen molar-refractivity contribution < 1.29 is 94.1 Å². The van der Waals surface area contributed by atoms with Crippen molar-refractivity contribution in [3.63, 3.8) is 0 Å². The fourth-order valence-electron chi connectivity index (χ4n) is 11.0. The molecule has 96 heavy (non-hydrogen) atoms. The number of phenols is 1. The van der Waals surface area contributed by atoms with Gasteiger partial charge in [-0.25, -0.2) is 13.5 Å². The second-order valence-electron chi connectivity index (χ2n) is 21.5. The van der Waals surface area contributed by atoms with Crippen molar-refractivity contribution in [3.8, 4) is 28.7 Å². The first kappa shape index (κ1) is 73.7. The molecule has 0 fully saturated rings. The van der Waals surface area contributed by atoms with Crippen molar-refractivity contribution in [1.82, 2.24) is 0 Å². The summed E-state index contributed by atoms with van der Waals surface area (Å²) in [5.74, 6) is 2.07. The number of fused-ring (bicyclic) bond motifs is 3. The number of benzene rings is 14. The molecule has 0 aliphatic carbocycles. The molecule has 14 aromatic rings. The Bertz CT molecular complexity index is 4460. The van der Waals surface area contributed by atoms with Crippen molar-refractivity contribution in [1.29, 1.82) is 0 Å². The molecule has 0 bridgehead atoms. The van der Waals surface area contributed by atoms with Crippen LogP contribution in [0.15, 0.2) is 328 Å². The zero-order chi connectivity index (χ0) is 66.5. The van der Waals surface area contributed by atoms with Crippen molar-refractivity contribution in [3.05, 3.63) is 350 Å². The third-order valence-corrected chi connectivity index (χ3v) is 14.9. The molecule has 0 radical (unpaired) electrons. The van der Waals surface area contributed by atoms with E-state index in [1.54, 1.807) is 13.0 Å². The van der Waals surface area contributed by atoms with E-state index in [-0.39, 0.29) is 57.1 Å². The maximum atomic E-state index is 12.2. The van der Waals surface area contributed by atoms with E-state index in [9.17, 15) is 13.9 Å². The van der Waals surface area contributed by atoms with E-state index in [1.165, 1.54) is 75.3 Å². The van der Waals surface area contributed by atoms with E-state index >= 15 is 0 Å². The van der Waals surface area contributed by atoms with Gasteiger partial charge in [0, 0.05) is 80.6 Å². The predicted octanol–water partition coefficient (Wildman–Crippen LogP) is 17.7. The molecule has 1 unspecified atom stereocenters. The van der Waals surface area contributed by atoms with Crippen LogP contribution in [0.1, 0.15) is 11.1 Å². The normalized spacial score (nSPS) is 10.5. The summed E-state index contributed by atoms with van der Waals surface area (Å²) in [6, 6.07) is 109. The van der Waals surface area contributed by atoms with E-state index in [2.05, 4.69) is 226 Å². The summed E-state index contributed by atoms with van der Waals surface area (Å²) in [5.41, 5.74) is 11.0. The fraction of sp³-hybridized carbons (Fsp3) is 0.0250. The van der Waals surface area contributed by atoms with Crippen LogP contribution in [0.3, 0.4) is 0 Å². The van der Waals surface area contributed by atoms with Crippen LogP contribution < -0.4 is 85.7 Å². The average Bonchev–Trinajstić information content (AvgIpc) is 0.789. The van der Waals surface area contributed by atoms with E-state index in [0.29, 0.717) is 17.1 Å². The molecule has 0 spiro atoms. The van der Waals surface area contributed by atoms with Crippen LogP contribution >= 0.6 is 8.25 Å². The Balaban J connectivity index is 0.000000215. The molecule has 460 valence electrons. The second-order valence-corrected chi connectivity index (χ2v) is 22.1. The third kappa shape index (κ3) is 20.1.